The Kier molecular flexibility index (Phi) is 7.04. The summed E-state index contributed by atoms with van der Waals surface area (Å²) in [4.78, 5) is 29.0. The molecule has 3 rings (SSSR count). The number of ether oxygens (including phenoxy) is 2. The number of fused-ring (bicyclic) bond motifs is 1. The molecule has 0 radical (unpaired) electrons. The van der Waals surface area contributed by atoms with Crippen LogP contribution < -0.4 is 4.48 Å². The molecule has 3 aromatic rings. The molecule has 30 heavy (non-hydrogen) atoms. The molecule has 158 valence electrons. The summed E-state index contributed by atoms with van der Waals surface area (Å²) in [6, 6.07) is 9.90. The minimum absolute atomic E-state index is 0.232. The van der Waals surface area contributed by atoms with Crippen molar-refractivity contribution in [3.63, 3.8) is 0 Å². The SMILES string of the molecule is COCC[N+](CCOC)(C(=O)C=O)c1cn(Cc2ccc(F)cc2)c2ncccc12. The number of halogens is 1. The summed E-state index contributed by atoms with van der Waals surface area (Å²) in [6.07, 6.45) is 3.87. The molecule has 8 heteroatoms. The number of carbonyl (C=O) groups is 2. The van der Waals surface area contributed by atoms with Gasteiger partial charge in [-0.1, -0.05) is 12.1 Å². The fourth-order valence-electron chi connectivity index (χ4n) is 3.64. The zero-order valence-corrected chi connectivity index (χ0v) is 17.1. The molecule has 1 aromatic carbocycles. The first-order valence-corrected chi connectivity index (χ1v) is 9.59. The van der Waals surface area contributed by atoms with E-state index in [-0.39, 0.29) is 36.6 Å². The van der Waals surface area contributed by atoms with Crippen LogP contribution in [0.15, 0.2) is 48.8 Å². The normalized spacial score (nSPS) is 11.7. The zero-order valence-electron chi connectivity index (χ0n) is 17.1. The predicted octanol–water partition coefficient (Wildman–Crippen LogP) is 2.55. The second kappa shape index (κ2) is 9.71. The fourth-order valence-corrected chi connectivity index (χ4v) is 3.64. The maximum atomic E-state index is 13.3. The number of benzene rings is 1. The fraction of sp³-hybridized carbons (Fsp3) is 0.318. The van der Waals surface area contributed by atoms with Crippen LogP contribution in [0.3, 0.4) is 0 Å². The van der Waals surface area contributed by atoms with Crippen LogP contribution in [-0.2, 0) is 25.6 Å². The van der Waals surface area contributed by atoms with Crippen molar-refractivity contribution in [3.05, 3.63) is 60.2 Å². The Morgan fingerprint density at radius 1 is 1.13 bits per heavy atom. The molecule has 7 nitrogen and oxygen atoms in total. The van der Waals surface area contributed by atoms with E-state index >= 15 is 0 Å². The van der Waals surface area contributed by atoms with Crippen molar-refractivity contribution < 1.29 is 23.5 Å². The van der Waals surface area contributed by atoms with Crippen LogP contribution in [0, 0.1) is 5.82 Å². The number of nitrogens with zero attached hydrogens (tertiary/aromatic N) is 3. The maximum Gasteiger partial charge on any atom is 0.383 e. The number of aldehydes is 1. The van der Waals surface area contributed by atoms with Gasteiger partial charge in [0.25, 0.3) is 0 Å². The Hall–Kier alpha value is -2.94. The Morgan fingerprint density at radius 3 is 2.40 bits per heavy atom. The second-order valence-corrected chi connectivity index (χ2v) is 7.00. The number of hydrogen-bond acceptors (Lipinski definition) is 5. The molecule has 2 heterocycles. The molecule has 0 bridgehead atoms. The van der Waals surface area contributed by atoms with E-state index in [1.807, 2.05) is 16.8 Å². The van der Waals surface area contributed by atoms with E-state index in [0.29, 0.717) is 24.2 Å². The van der Waals surface area contributed by atoms with Crippen molar-refractivity contribution >= 4 is 28.9 Å². The summed E-state index contributed by atoms with van der Waals surface area (Å²) >= 11 is 0. The Bertz CT molecular complexity index is 1010. The average Bonchev–Trinajstić information content (AvgIpc) is 3.14. The molecule has 0 saturated heterocycles. The molecule has 0 aliphatic heterocycles. The molecule has 0 fully saturated rings. The Morgan fingerprint density at radius 2 is 1.80 bits per heavy atom. The number of aromatic nitrogens is 2. The largest absolute Gasteiger partial charge is 0.383 e. The second-order valence-electron chi connectivity index (χ2n) is 7.00. The van der Waals surface area contributed by atoms with E-state index in [1.54, 1.807) is 38.6 Å². The standard InChI is InChI=1S/C22H25FN3O4/c1-29-12-10-26(11-13-30-2,21(28)16-27)20-15-25(22-19(20)4-3-9-24-22)14-17-5-7-18(23)8-6-17/h3-9,15-16H,10-14H2,1-2H3/q+1. The molecule has 0 saturated carbocycles. The van der Waals surface area contributed by atoms with Gasteiger partial charge in [0.15, 0.2) is 5.69 Å². The van der Waals surface area contributed by atoms with Crippen molar-refractivity contribution in [1.82, 2.24) is 14.0 Å². The van der Waals surface area contributed by atoms with Crippen molar-refractivity contribution in [2.24, 2.45) is 0 Å². The monoisotopic (exact) mass is 414 g/mol. The van der Waals surface area contributed by atoms with Gasteiger partial charge in [0.2, 0.25) is 6.29 Å². The Labute approximate surface area is 174 Å². The summed E-state index contributed by atoms with van der Waals surface area (Å²) in [7, 11) is 3.10. The summed E-state index contributed by atoms with van der Waals surface area (Å²) in [6.45, 7) is 1.57. The van der Waals surface area contributed by atoms with Gasteiger partial charge in [-0.3, -0.25) is 4.79 Å². The zero-order chi connectivity index (χ0) is 21.6. The molecule has 0 aliphatic rings. The van der Waals surface area contributed by atoms with E-state index in [1.165, 1.54) is 12.1 Å². The predicted molar refractivity (Wildman–Crippen MR) is 112 cm³/mol. The number of quaternary nitrogens is 1. The highest BCUT2D eigenvalue weighted by Gasteiger charge is 2.41. The number of pyridine rings is 1. The summed E-state index contributed by atoms with van der Waals surface area (Å²) < 4.78 is 25.4. The third-order valence-corrected chi connectivity index (χ3v) is 5.22. The maximum absolute atomic E-state index is 13.3. The van der Waals surface area contributed by atoms with Gasteiger partial charge in [-0.25, -0.2) is 18.7 Å². The van der Waals surface area contributed by atoms with Crippen LogP contribution in [0.1, 0.15) is 5.56 Å². The van der Waals surface area contributed by atoms with Crippen molar-refractivity contribution in [2.45, 2.75) is 6.54 Å². The molecule has 0 aliphatic carbocycles. The third kappa shape index (κ3) is 4.30. The van der Waals surface area contributed by atoms with Crippen LogP contribution in [0.2, 0.25) is 0 Å². The lowest BCUT2D eigenvalue weighted by atomic mass is 10.2. The van der Waals surface area contributed by atoms with Gasteiger partial charge in [-0.2, -0.15) is 0 Å². The highest BCUT2D eigenvalue weighted by atomic mass is 19.1. The van der Waals surface area contributed by atoms with Crippen molar-refractivity contribution in [3.8, 4) is 0 Å². The van der Waals surface area contributed by atoms with Crippen molar-refractivity contribution in [1.29, 1.82) is 0 Å². The van der Waals surface area contributed by atoms with Gasteiger partial charge in [-0.15, -0.1) is 0 Å². The molecule has 0 atom stereocenters. The molecule has 0 N–H and O–H groups in total. The first-order valence-electron chi connectivity index (χ1n) is 9.59. The minimum Gasteiger partial charge on any atom is -0.379 e. The number of amides is 1. The number of carbonyl (C=O) groups excluding carboxylic acids is 2. The van der Waals surface area contributed by atoms with Gasteiger partial charge in [0.05, 0.1) is 24.8 Å². The lowest BCUT2D eigenvalue weighted by molar-refractivity contribution is -0.139. The lowest BCUT2D eigenvalue weighted by Crippen LogP contribution is -2.58. The van der Waals surface area contributed by atoms with Gasteiger partial charge in [0, 0.05) is 27.0 Å². The quantitative estimate of drug-likeness (QED) is 0.290. The summed E-state index contributed by atoms with van der Waals surface area (Å²) in [5.41, 5.74) is 2.22. The van der Waals surface area contributed by atoms with E-state index in [4.69, 9.17) is 9.47 Å². The van der Waals surface area contributed by atoms with E-state index in [0.717, 1.165) is 10.9 Å². The topological polar surface area (TPSA) is 70.4 Å². The van der Waals surface area contributed by atoms with E-state index in [9.17, 15) is 14.0 Å². The van der Waals surface area contributed by atoms with Crippen LogP contribution in [0.5, 0.6) is 0 Å². The van der Waals surface area contributed by atoms with Crippen LogP contribution in [-0.4, -0.2) is 62.3 Å². The molecule has 0 unspecified atom stereocenters. The highest BCUT2D eigenvalue weighted by Crippen LogP contribution is 2.34. The number of methoxy groups -OCH3 is 2. The Balaban J connectivity index is 2.16. The van der Waals surface area contributed by atoms with Crippen LogP contribution in [0.4, 0.5) is 10.1 Å². The number of rotatable bonds is 10. The lowest BCUT2D eigenvalue weighted by Gasteiger charge is -2.32. The average molecular weight is 414 g/mol. The molecular formula is C22H25FN3O4+. The summed E-state index contributed by atoms with van der Waals surface area (Å²) in [5, 5.41) is 0.766. The van der Waals surface area contributed by atoms with Gasteiger partial charge in [0.1, 0.15) is 24.6 Å². The van der Waals surface area contributed by atoms with E-state index in [2.05, 4.69) is 4.98 Å². The first-order chi connectivity index (χ1) is 14.6. The van der Waals surface area contributed by atoms with Crippen LogP contribution >= 0.6 is 0 Å². The summed E-state index contributed by atoms with van der Waals surface area (Å²) in [5.74, 6) is -0.880. The third-order valence-electron chi connectivity index (χ3n) is 5.22. The minimum atomic E-state index is -0.575. The molecule has 1 amide bonds. The smallest absolute Gasteiger partial charge is 0.379 e. The van der Waals surface area contributed by atoms with Gasteiger partial charge >= 0.3 is 5.91 Å². The van der Waals surface area contributed by atoms with Crippen molar-refractivity contribution in [2.75, 3.05) is 40.5 Å². The van der Waals surface area contributed by atoms with E-state index < -0.39 is 5.91 Å². The molecular weight excluding hydrogens is 389 g/mol. The molecule has 0 spiro atoms. The first kappa shape index (κ1) is 21.8. The molecule has 2 aromatic heterocycles. The highest BCUT2D eigenvalue weighted by molar-refractivity contribution is 6.28. The van der Waals surface area contributed by atoms with Gasteiger partial charge in [-0.05, 0) is 29.8 Å². The van der Waals surface area contributed by atoms with Gasteiger partial charge < -0.3 is 14.0 Å². The number of hydrogen-bond donors (Lipinski definition) is 0. The van der Waals surface area contributed by atoms with Crippen LogP contribution in [0.25, 0.3) is 11.0 Å².